The van der Waals surface area contributed by atoms with Crippen LogP contribution in [-0.4, -0.2) is 64.5 Å². The number of carbonyl (C=O) groups excluding carboxylic acids is 4. The summed E-state index contributed by atoms with van der Waals surface area (Å²) in [6.45, 7) is 3.29. The van der Waals surface area contributed by atoms with Crippen molar-refractivity contribution in [2.24, 2.45) is 0 Å². The van der Waals surface area contributed by atoms with Crippen LogP contribution in [-0.2, 0) is 11.3 Å². The Morgan fingerprint density at radius 2 is 1.47 bits per heavy atom. The third kappa shape index (κ3) is 3.56. The van der Waals surface area contributed by atoms with Crippen molar-refractivity contribution in [2.75, 3.05) is 26.2 Å². The van der Waals surface area contributed by atoms with Gasteiger partial charge in [-0.25, -0.2) is 4.39 Å². The number of imide groups is 1. The minimum Gasteiger partial charge on any atom is -0.339 e. The van der Waals surface area contributed by atoms with Gasteiger partial charge in [0.2, 0.25) is 5.91 Å². The van der Waals surface area contributed by atoms with Crippen LogP contribution < -0.4 is 0 Å². The van der Waals surface area contributed by atoms with E-state index in [1.54, 1.807) is 15.9 Å². The van der Waals surface area contributed by atoms with Gasteiger partial charge in [0.05, 0.1) is 17.7 Å². The lowest BCUT2D eigenvalue weighted by Gasteiger charge is -2.34. The third-order valence-corrected chi connectivity index (χ3v) is 5.48. The van der Waals surface area contributed by atoms with Gasteiger partial charge in [-0.2, -0.15) is 0 Å². The van der Waals surface area contributed by atoms with E-state index in [0.717, 1.165) is 4.90 Å². The first kappa shape index (κ1) is 19.8. The number of rotatable bonds is 3. The molecule has 0 aromatic heterocycles. The molecule has 0 atom stereocenters. The van der Waals surface area contributed by atoms with Gasteiger partial charge in [-0.1, -0.05) is 12.1 Å². The maximum Gasteiger partial charge on any atom is 0.261 e. The van der Waals surface area contributed by atoms with Crippen LogP contribution in [0.1, 0.15) is 43.6 Å². The minimum absolute atomic E-state index is 0.0232. The lowest BCUT2D eigenvalue weighted by Crippen LogP contribution is -2.50. The van der Waals surface area contributed by atoms with E-state index in [0.29, 0.717) is 37.3 Å². The summed E-state index contributed by atoms with van der Waals surface area (Å²) in [7, 11) is 0. The van der Waals surface area contributed by atoms with E-state index in [4.69, 9.17) is 0 Å². The highest BCUT2D eigenvalue weighted by Gasteiger charge is 2.36. The van der Waals surface area contributed by atoms with E-state index < -0.39 is 17.6 Å². The third-order valence-electron chi connectivity index (χ3n) is 5.48. The fraction of sp³-hybridized carbons (Fsp3) is 0.273. The number of hydrogen-bond donors (Lipinski definition) is 0. The van der Waals surface area contributed by atoms with Crippen molar-refractivity contribution < 1.29 is 23.6 Å². The van der Waals surface area contributed by atoms with Crippen molar-refractivity contribution in [2.45, 2.75) is 13.5 Å². The highest BCUT2D eigenvalue weighted by molar-refractivity contribution is 6.22. The second-order valence-corrected chi connectivity index (χ2v) is 7.38. The fourth-order valence-electron chi connectivity index (χ4n) is 3.75. The first-order valence-electron chi connectivity index (χ1n) is 9.64. The normalized spacial score (nSPS) is 16.1. The van der Waals surface area contributed by atoms with Gasteiger partial charge >= 0.3 is 0 Å². The Morgan fingerprint density at radius 1 is 0.867 bits per heavy atom. The van der Waals surface area contributed by atoms with Crippen molar-refractivity contribution >= 4 is 23.6 Å². The zero-order valence-electron chi connectivity index (χ0n) is 16.4. The molecule has 1 fully saturated rings. The standard InChI is InChI=1S/C22H20FN3O4/c1-14(27)24-8-10-25(11-9-24)20(28)16-4-7-18-19(12-16)22(30)26(21(18)29)13-15-2-5-17(23)6-3-15/h2-7,12H,8-11,13H2,1H3. The molecule has 4 amide bonds. The quantitative estimate of drug-likeness (QED) is 0.726. The number of nitrogens with zero attached hydrogens (tertiary/aromatic N) is 3. The summed E-state index contributed by atoms with van der Waals surface area (Å²) in [4.78, 5) is 54.2. The van der Waals surface area contributed by atoms with Gasteiger partial charge in [-0.05, 0) is 35.9 Å². The maximum absolute atomic E-state index is 13.1. The molecule has 0 N–H and O–H groups in total. The van der Waals surface area contributed by atoms with E-state index >= 15 is 0 Å². The molecule has 2 heterocycles. The van der Waals surface area contributed by atoms with Gasteiger partial charge in [0, 0.05) is 38.7 Å². The van der Waals surface area contributed by atoms with E-state index in [1.807, 2.05) is 0 Å². The molecule has 154 valence electrons. The van der Waals surface area contributed by atoms with E-state index in [-0.39, 0.29) is 29.5 Å². The largest absolute Gasteiger partial charge is 0.339 e. The van der Waals surface area contributed by atoms with Crippen LogP contribution in [0, 0.1) is 5.82 Å². The maximum atomic E-state index is 13.1. The average Bonchev–Trinajstić information content (AvgIpc) is 2.99. The summed E-state index contributed by atoms with van der Waals surface area (Å²) >= 11 is 0. The molecule has 8 heteroatoms. The van der Waals surface area contributed by atoms with Gasteiger partial charge in [0.25, 0.3) is 17.7 Å². The summed E-state index contributed by atoms with van der Waals surface area (Å²) in [6.07, 6.45) is 0. The minimum atomic E-state index is -0.477. The molecule has 7 nitrogen and oxygen atoms in total. The summed E-state index contributed by atoms with van der Waals surface area (Å²) in [6, 6.07) is 10.1. The number of halogens is 1. The monoisotopic (exact) mass is 409 g/mol. The zero-order chi connectivity index (χ0) is 21.4. The van der Waals surface area contributed by atoms with Crippen molar-refractivity contribution in [3.63, 3.8) is 0 Å². The molecule has 1 saturated heterocycles. The van der Waals surface area contributed by atoms with Crippen LogP contribution in [0.3, 0.4) is 0 Å². The Labute approximate surface area is 172 Å². The smallest absolute Gasteiger partial charge is 0.261 e. The first-order chi connectivity index (χ1) is 14.3. The summed E-state index contributed by atoms with van der Waals surface area (Å²) in [5.74, 6) is -1.57. The van der Waals surface area contributed by atoms with Gasteiger partial charge < -0.3 is 9.80 Å². The number of amides is 4. The van der Waals surface area contributed by atoms with E-state index in [9.17, 15) is 23.6 Å². The molecule has 0 spiro atoms. The van der Waals surface area contributed by atoms with Gasteiger partial charge in [-0.15, -0.1) is 0 Å². The molecular formula is C22H20FN3O4. The van der Waals surface area contributed by atoms with Crippen molar-refractivity contribution in [1.29, 1.82) is 0 Å². The molecule has 0 saturated carbocycles. The molecule has 2 aliphatic heterocycles. The molecule has 2 aromatic carbocycles. The highest BCUT2D eigenvalue weighted by atomic mass is 19.1. The number of hydrogen-bond acceptors (Lipinski definition) is 4. The highest BCUT2D eigenvalue weighted by Crippen LogP contribution is 2.26. The molecule has 4 rings (SSSR count). The molecule has 0 aliphatic carbocycles. The molecule has 2 aliphatic rings. The zero-order valence-corrected chi connectivity index (χ0v) is 16.4. The Morgan fingerprint density at radius 3 is 2.10 bits per heavy atom. The Hall–Kier alpha value is -3.55. The van der Waals surface area contributed by atoms with Crippen molar-refractivity contribution in [3.8, 4) is 0 Å². The van der Waals surface area contributed by atoms with Crippen LogP contribution in [0.25, 0.3) is 0 Å². The second kappa shape index (κ2) is 7.70. The molecule has 2 aromatic rings. The van der Waals surface area contributed by atoms with Crippen LogP contribution >= 0.6 is 0 Å². The van der Waals surface area contributed by atoms with Gasteiger partial charge in [-0.3, -0.25) is 24.1 Å². The predicted octanol–water partition coefficient (Wildman–Crippen LogP) is 1.93. The van der Waals surface area contributed by atoms with Gasteiger partial charge in [0.15, 0.2) is 0 Å². The number of carbonyl (C=O) groups is 4. The number of benzene rings is 2. The summed E-state index contributed by atoms with van der Waals surface area (Å²) in [5.41, 5.74) is 1.40. The fourth-order valence-corrected chi connectivity index (χ4v) is 3.75. The summed E-state index contributed by atoms with van der Waals surface area (Å²) in [5, 5.41) is 0. The lowest BCUT2D eigenvalue weighted by atomic mass is 10.0. The van der Waals surface area contributed by atoms with Crippen LogP contribution in [0.5, 0.6) is 0 Å². The molecule has 0 radical (unpaired) electrons. The van der Waals surface area contributed by atoms with E-state index in [1.165, 1.54) is 43.3 Å². The first-order valence-corrected chi connectivity index (χ1v) is 9.64. The Balaban J connectivity index is 1.51. The summed E-state index contributed by atoms with van der Waals surface area (Å²) < 4.78 is 13.1. The topological polar surface area (TPSA) is 78.0 Å². The van der Waals surface area contributed by atoms with Crippen LogP contribution in [0.15, 0.2) is 42.5 Å². The number of piperazine rings is 1. The van der Waals surface area contributed by atoms with Crippen LogP contribution in [0.2, 0.25) is 0 Å². The Kier molecular flexibility index (Phi) is 5.07. The van der Waals surface area contributed by atoms with Crippen LogP contribution in [0.4, 0.5) is 4.39 Å². The second-order valence-electron chi connectivity index (χ2n) is 7.38. The Bertz CT molecular complexity index is 1040. The molecule has 30 heavy (non-hydrogen) atoms. The predicted molar refractivity (Wildman–Crippen MR) is 105 cm³/mol. The molecular weight excluding hydrogens is 389 g/mol. The average molecular weight is 409 g/mol. The van der Waals surface area contributed by atoms with Crippen molar-refractivity contribution in [3.05, 3.63) is 70.5 Å². The lowest BCUT2D eigenvalue weighted by molar-refractivity contribution is -0.130. The van der Waals surface area contributed by atoms with Gasteiger partial charge in [0.1, 0.15) is 5.82 Å². The molecule has 0 bridgehead atoms. The SMILES string of the molecule is CC(=O)N1CCN(C(=O)c2ccc3c(c2)C(=O)N(Cc2ccc(F)cc2)C3=O)CC1. The number of fused-ring (bicyclic) bond motifs is 1. The van der Waals surface area contributed by atoms with E-state index in [2.05, 4.69) is 0 Å². The molecule has 0 unspecified atom stereocenters. The van der Waals surface area contributed by atoms with Crippen molar-refractivity contribution in [1.82, 2.24) is 14.7 Å².